The maximum atomic E-state index is 10.3. The van der Waals surface area contributed by atoms with Gasteiger partial charge in [-0.05, 0) is 32.1 Å². The van der Waals surface area contributed by atoms with Crippen LogP contribution >= 0.6 is 0 Å². The molecular formula is C18H34NaO3+. The summed E-state index contributed by atoms with van der Waals surface area (Å²) in [6.07, 6.45) is 17.4. The first kappa shape index (κ1) is 24.4. The molecule has 3 nitrogen and oxygen atoms in total. The van der Waals surface area contributed by atoms with Gasteiger partial charge in [0.05, 0.1) is 6.10 Å². The average Bonchev–Trinajstić information content (AvgIpc) is 2.45. The molecule has 0 bridgehead atoms. The quantitative estimate of drug-likeness (QED) is 0.276. The van der Waals surface area contributed by atoms with Gasteiger partial charge in [-0.15, -0.1) is 0 Å². The third-order valence-corrected chi connectivity index (χ3v) is 3.73. The van der Waals surface area contributed by atoms with Crippen molar-refractivity contribution in [3.05, 3.63) is 12.2 Å². The fourth-order valence-electron chi connectivity index (χ4n) is 2.36. The van der Waals surface area contributed by atoms with Gasteiger partial charge >= 0.3 is 35.5 Å². The zero-order valence-electron chi connectivity index (χ0n) is 14.7. The first-order valence-electron chi connectivity index (χ1n) is 8.71. The summed E-state index contributed by atoms with van der Waals surface area (Å²) in [7, 11) is 0. The summed E-state index contributed by atoms with van der Waals surface area (Å²) in [5.74, 6) is -0.689. The van der Waals surface area contributed by atoms with Crippen molar-refractivity contribution in [1.29, 1.82) is 0 Å². The van der Waals surface area contributed by atoms with Gasteiger partial charge in [0.2, 0.25) is 0 Å². The SMILES string of the molecule is CCCCCC[C@@H](O)C/C=C\CCCCCCCC(=O)O.[Na+]. The maximum absolute atomic E-state index is 10.3. The standard InChI is InChI=1S/C18H34O3.Na/c1-2-3-4-11-14-17(19)15-12-9-7-5-6-8-10-13-16-18(20)21;/h9,12,17,19H,2-8,10-11,13-16H2,1H3,(H,20,21);/q;+1/b12-9-;/t17-;/m1./s1. The van der Waals surface area contributed by atoms with Crippen LogP contribution in [0.4, 0.5) is 0 Å². The van der Waals surface area contributed by atoms with Crippen molar-refractivity contribution in [2.75, 3.05) is 0 Å². The van der Waals surface area contributed by atoms with Crippen molar-refractivity contribution in [3.8, 4) is 0 Å². The second-order valence-electron chi connectivity index (χ2n) is 5.91. The van der Waals surface area contributed by atoms with E-state index >= 15 is 0 Å². The molecular weight excluding hydrogens is 287 g/mol. The molecule has 0 aliphatic carbocycles. The molecule has 0 amide bonds. The first-order chi connectivity index (χ1) is 10.2. The third-order valence-electron chi connectivity index (χ3n) is 3.73. The summed E-state index contributed by atoms with van der Waals surface area (Å²) in [4.78, 5) is 10.3. The summed E-state index contributed by atoms with van der Waals surface area (Å²) in [5, 5.41) is 18.3. The van der Waals surface area contributed by atoms with Crippen LogP contribution in [0.2, 0.25) is 0 Å². The Kier molecular flexibility index (Phi) is 21.3. The number of aliphatic hydroxyl groups is 1. The minimum atomic E-state index is -0.689. The second-order valence-corrected chi connectivity index (χ2v) is 5.91. The molecule has 0 radical (unpaired) electrons. The largest absolute Gasteiger partial charge is 1.00 e. The summed E-state index contributed by atoms with van der Waals surface area (Å²) < 4.78 is 0. The summed E-state index contributed by atoms with van der Waals surface area (Å²) in [6.45, 7) is 2.20. The molecule has 0 aromatic carbocycles. The molecule has 1 atom stereocenters. The number of rotatable bonds is 15. The molecule has 22 heavy (non-hydrogen) atoms. The van der Waals surface area contributed by atoms with E-state index in [9.17, 15) is 9.90 Å². The summed E-state index contributed by atoms with van der Waals surface area (Å²) >= 11 is 0. The Morgan fingerprint density at radius 1 is 0.955 bits per heavy atom. The Hall–Kier alpha value is 0.170. The van der Waals surface area contributed by atoms with Crippen LogP contribution in [0.25, 0.3) is 0 Å². The van der Waals surface area contributed by atoms with Crippen LogP contribution in [0.5, 0.6) is 0 Å². The fourth-order valence-corrected chi connectivity index (χ4v) is 2.36. The molecule has 0 saturated carbocycles. The van der Waals surface area contributed by atoms with Crippen LogP contribution in [0.1, 0.15) is 90.4 Å². The molecule has 0 unspecified atom stereocenters. The Balaban J connectivity index is 0. The second kappa shape index (κ2) is 19.2. The molecule has 0 aromatic rings. The van der Waals surface area contributed by atoms with Crippen molar-refractivity contribution in [3.63, 3.8) is 0 Å². The van der Waals surface area contributed by atoms with Crippen LogP contribution in [-0.4, -0.2) is 22.3 Å². The number of hydrogen-bond donors (Lipinski definition) is 2. The van der Waals surface area contributed by atoms with Crippen molar-refractivity contribution >= 4 is 5.97 Å². The average molecular weight is 321 g/mol. The molecule has 0 aliphatic rings. The van der Waals surface area contributed by atoms with Crippen molar-refractivity contribution in [2.24, 2.45) is 0 Å². The molecule has 0 rings (SSSR count). The number of hydrogen-bond acceptors (Lipinski definition) is 2. The first-order valence-corrected chi connectivity index (χ1v) is 8.71. The van der Waals surface area contributed by atoms with Crippen molar-refractivity contribution in [1.82, 2.24) is 0 Å². The van der Waals surface area contributed by atoms with Gasteiger partial charge in [-0.1, -0.05) is 64.0 Å². The summed E-state index contributed by atoms with van der Waals surface area (Å²) in [6, 6.07) is 0. The van der Waals surface area contributed by atoms with Gasteiger partial charge in [0, 0.05) is 6.42 Å². The molecule has 124 valence electrons. The van der Waals surface area contributed by atoms with E-state index in [1.807, 2.05) is 0 Å². The minimum absolute atomic E-state index is 0. The fraction of sp³-hybridized carbons (Fsp3) is 0.833. The number of aliphatic hydroxyl groups excluding tert-OH is 1. The van der Waals surface area contributed by atoms with Crippen LogP contribution in [-0.2, 0) is 4.79 Å². The number of carboxylic acids is 1. The maximum Gasteiger partial charge on any atom is 1.00 e. The van der Waals surface area contributed by atoms with Crippen LogP contribution < -0.4 is 29.6 Å². The normalized spacial score (nSPS) is 12.3. The molecule has 0 aliphatic heterocycles. The molecule has 0 saturated heterocycles. The molecule has 0 heterocycles. The number of carboxylic acid groups (broad SMARTS) is 1. The topological polar surface area (TPSA) is 57.5 Å². The summed E-state index contributed by atoms with van der Waals surface area (Å²) in [5.41, 5.74) is 0. The third kappa shape index (κ3) is 20.2. The Morgan fingerprint density at radius 3 is 2.27 bits per heavy atom. The van der Waals surface area contributed by atoms with Crippen LogP contribution in [0.15, 0.2) is 12.2 Å². The van der Waals surface area contributed by atoms with Gasteiger partial charge in [-0.3, -0.25) is 4.79 Å². The van der Waals surface area contributed by atoms with E-state index in [0.717, 1.165) is 51.4 Å². The molecule has 0 spiro atoms. The van der Waals surface area contributed by atoms with E-state index in [4.69, 9.17) is 5.11 Å². The van der Waals surface area contributed by atoms with Crippen molar-refractivity contribution in [2.45, 2.75) is 96.5 Å². The van der Waals surface area contributed by atoms with Gasteiger partial charge in [-0.25, -0.2) is 0 Å². The monoisotopic (exact) mass is 321 g/mol. The van der Waals surface area contributed by atoms with Crippen LogP contribution in [0, 0.1) is 0 Å². The Labute approximate surface area is 158 Å². The van der Waals surface area contributed by atoms with E-state index in [1.165, 1.54) is 25.7 Å². The van der Waals surface area contributed by atoms with Gasteiger partial charge in [0.15, 0.2) is 0 Å². The minimum Gasteiger partial charge on any atom is -0.481 e. The van der Waals surface area contributed by atoms with Gasteiger partial charge in [0.1, 0.15) is 0 Å². The van der Waals surface area contributed by atoms with Gasteiger partial charge < -0.3 is 10.2 Å². The van der Waals surface area contributed by atoms with E-state index in [0.29, 0.717) is 6.42 Å². The van der Waals surface area contributed by atoms with E-state index in [1.54, 1.807) is 0 Å². The van der Waals surface area contributed by atoms with E-state index in [-0.39, 0.29) is 35.7 Å². The predicted octanol–water partition coefficient (Wildman–Crippen LogP) is 2.08. The Morgan fingerprint density at radius 2 is 1.59 bits per heavy atom. The number of unbranched alkanes of at least 4 members (excludes halogenated alkanes) is 8. The van der Waals surface area contributed by atoms with E-state index in [2.05, 4.69) is 19.1 Å². The van der Waals surface area contributed by atoms with E-state index < -0.39 is 5.97 Å². The smallest absolute Gasteiger partial charge is 0.481 e. The molecule has 0 aromatic heterocycles. The molecule has 4 heteroatoms. The van der Waals surface area contributed by atoms with Crippen LogP contribution in [0.3, 0.4) is 0 Å². The van der Waals surface area contributed by atoms with Gasteiger partial charge in [0.25, 0.3) is 0 Å². The van der Waals surface area contributed by atoms with Gasteiger partial charge in [-0.2, -0.15) is 0 Å². The zero-order chi connectivity index (χ0) is 15.8. The number of allylic oxidation sites excluding steroid dienone is 1. The van der Waals surface area contributed by atoms with Crippen molar-refractivity contribution < 1.29 is 44.6 Å². The molecule has 0 fully saturated rings. The molecule has 2 N–H and O–H groups in total. The predicted molar refractivity (Wildman–Crippen MR) is 88.5 cm³/mol. The number of carbonyl (C=O) groups is 1. The zero-order valence-corrected chi connectivity index (χ0v) is 16.7. The number of aliphatic carboxylic acids is 1. The Bertz CT molecular complexity index is 267.